The average molecular weight is 262 g/mol. The van der Waals surface area contributed by atoms with Crippen LogP contribution in [0.5, 0.6) is 0 Å². The minimum atomic E-state index is 0.196. The smallest absolute Gasteiger partial charge is 0.132 e. The quantitative estimate of drug-likeness (QED) is 0.322. The first kappa shape index (κ1) is 16.1. The fraction of sp³-hybridized carbons (Fsp3) is 0.750. The Kier molecular flexibility index (Phi) is 11.6. The predicted octanol–water partition coefficient (Wildman–Crippen LogP) is 3.72. The van der Waals surface area contributed by atoms with Gasteiger partial charge in [-0.2, -0.15) is 0 Å². The summed E-state index contributed by atoms with van der Waals surface area (Å²) in [6.45, 7) is 8.84. The number of carbonyl (C=O) groups is 1. The zero-order valence-corrected chi connectivity index (χ0v) is 11.9. The molecule has 0 atom stereocenters. The molecule has 0 aromatic carbocycles. The summed E-state index contributed by atoms with van der Waals surface area (Å²) in [7, 11) is 3.73. The highest BCUT2D eigenvalue weighted by atomic mass is 33.1. The number of ether oxygens (including phenoxy) is 1. The normalized spacial score (nSPS) is 10.4. The summed E-state index contributed by atoms with van der Waals surface area (Å²) in [5, 5.41) is 0. The third kappa shape index (κ3) is 14.1. The highest BCUT2D eigenvalue weighted by Crippen LogP contribution is 2.22. The summed E-state index contributed by atoms with van der Waals surface area (Å²) in [5.74, 6) is 2.36. The van der Waals surface area contributed by atoms with Gasteiger partial charge in [-0.1, -0.05) is 27.2 Å². The van der Waals surface area contributed by atoms with E-state index in [4.69, 9.17) is 4.74 Å². The van der Waals surface area contributed by atoms with E-state index in [1.165, 1.54) is 17.7 Å². The second-order valence-electron chi connectivity index (χ2n) is 3.77. The molecule has 0 unspecified atom stereocenters. The van der Waals surface area contributed by atoms with Gasteiger partial charge in [0.15, 0.2) is 0 Å². The van der Waals surface area contributed by atoms with Crippen LogP contribution in [-0.4, -0.2) is 30.5 Å². The first-order chi connectivity index (χ1) is 7.63. The maximum absolute atomic E-state index is 10.6. The van der Waals surface area contributed by atoms with E-state index in [1.807, 2.05) is 21.6 Å². The van der Waals surface area contributed by atoms with Gasteiger partial charge in [-0.15, -0.1) is 6.58 Å². The summed E-state index contributed by atoms with van der Waals surface area (Å²) >= 11 is 0. The largest absolute Gasteiger partial charge is 0.380 e. The fourth-order valence-electron chi connectivity index (χ4n) is 0.962. The Hall–Kier alpha value is 0.0700. The van der Waals surface area contributed by atoms with Gasteiger partial charge in [-0.25, -0.2) is 0 Å². The van der Waals surface area contributed by atoms with Crippen molar-refractivity contribution in [2.75, 3.05) is 24.7 Å². The van der Waals surface area contributed by atoms with Crippen LogP contribution in [0.3, 0.4) is 0 Å². The lowest BCUT2D eigenvalue weighted by Crippen LogP contribution is -2.02. The summed E-state index contributed by atoms with van der Waals surface area (Å²) in [5.41, 5.74) is 1.26. The van der Waals surface area contributed by atoms with Gasteiger partial charge >= 0.3 is 0 Å². The maximum atomic E-state index is 10.6. The second-order valence-corrected chi connectivity index (χ2v) is 6.47. The minimum absolute atomic E-state index is 0.196. The van der Waals surface area contributed by atoms with Crippen molar-refractivity contribution >= 4 is 27.4 Å². The van der Waals surface area contributed by atoms with Crippen molar-refractivity contribution in [1.29, 1.82) is 0 Å². The summed E-state index contributed by atoms with van der Waals surface area (Å²) < 4.78 is 5.32. The van der Waals surface area contributed by atoms with Crippen LogP contribution in [0.25, 0.3) is 0 Å². The van der Waals surface area contributed by atoms with Crippen LogP contribution in [0.2, 0.25) is 0 Å². The lowest BCUT2D eigenvalue weighted by atomic mass is 10.2. The first-order valence-corrected chi connectivity index (χ1v) is 8.07. The van der Waals surface area contributed by atoms with E-state index in [2.05, 4.69) is 13.5 Å². The van der Waals surface area contributed by atoms with Crippen molar-refractivity contribution in [3.63, 3.8) is 0 Å². The van der Waals surface area contributed by atoms with E-state index in [0.29, 0.717) is 13.0 Å². The Balaban J connectivity index is 2.98. The molecule has 0 heterocycles. The van der Waals surface area contributed by atoms with E-state index in [-0.39, 0.29) is 5.78 Å². The van der Waals surface area contributed by atoms with Gasteiger partial charge in [0.25, 0.3) is 0 Å². The zero-order valence-electron chi connectivity index (χ0n) is 10.3. The molecule has 0 fully saturated rings. The van der Waals surface area contributed by atoms with Gasteiger partial charge in [0.2, 0.25) is 0 Å². The molecule has 0 amide bonds. The molecule has 2 nitrogen and oxygen atoms in total. The van der Waals surface area contributed by atoms with E-state index in [9.17, 15) is 4.79 Å². The van der Waals surface area contributed by atoms with E-state index < -0.39 is 0 Å². The zero-order chi connectivity index (χ0) is 12.2. The number of rotatable bonds is 11. The molecule has 0 bridgehead atoms. The highest BCUT2D eigenvalue weighted by molar-refractivity contribution is 8.76. The molecule has 16 heavy (non-hydrogen) atoms. The molecule has 0 saturated carbocycles. The van der Waals surface area contributed by atoms with Crippen LogP contribution in [0, 0.1) is 0 Å². The van der Waals surface area contributed by atoms with Crippen LogP contribution in [0.4, 0.5) is 0 Å². The van der Waals surface area contributed by atoms with Crippen molar-refractivity contribution < 1.29 is 9.53 Å². The van der Waals surface area contributed by atoms with E-state index >= 15 is 0 Å². The molecule has 0 aliphatic rings. The van der Waals surface area contributed by atoms with Crippen LogP contribution >= 0.6 is 21.6 Å². The Morgan fingerprint density at radius 2 is 1.81 bits per heavy atom. The van der Waals surface area contributed by atoms with Crippen LogP contribution in [0.15, 0.2) is 12.2 Å². The monoisotopic (exact) mass is 262 g/mol. The molecule has 0 saturated heterocycles. The summed E-state index contributed by atoms with van der Waals surface area (Å²) in [6.07, 6.45) is 2.87. The van der Waals surface area contributed by atoms with Crippen LogP contribution < -0.4 is 0 Å². The van der Waals surface area contributed by atoms with Crippen molar-refractivity contribution in [3.05, 3.63) is 12.2 Å². The van der Waals surface area contributed by atoms with E-state index in [0.717, 1.165) is 18.8 Å². The average Bonchev–Trinajstić information content (AvgIpc) is 2.20. The SMILES string of the molecule is C=C(C)CCCSSCCOCCC(C)=O. The molecule has 0 aliphatic heterocycles. The van der Waals surface area contributed by atoms with E-state index in [1.54, 1.807) is 6.92 Å². The van der Waals surface area contributed by atoms with Crippen molar-refractivity contribution in [1.82, 2.24) is 0 Å². The molecule has 0 rings (SSSR count). The first-order valence-electron chi connectivity index (χ1n) is 5.59. The standard InChI is InChI=1S/C12H22O2S2/c1-11(2)5-4-9-15-16-10-8-14-7-6-12(3)13/h1,4-10H2,2-3H3. The maximum Gasteiger partial charge on any atom is 0.132 e. The lowest BCUT2D eigenvalue weighted by molar-refractivity contribution is -0.118. The number of ketones is 1. The molecule has 0 aromatic heterocycles. The Morgan fingerprint density at radius 1 is 1.12 bits per heavy atom. The molecule has 0 aromatic rings. The minimum Gasteiger partial charge on any atom is -0.380 e. The highest BCUT2D eigenvalue weighted by Gasteiger charge is 1.95. The number of Topliss-reactive ketones (excluding diaryl/α,β-unsaturated/α-hetero) is 1. The van der Waals surface area contributed by atoms with Crippen molar-refractivity contribution in [3.8, 4) is 0 Å². The Labute approximate surface area is 107 Å². The van der Waals surface area contributed by atoms with Gasteiger partial charge in [-0.3, -0.25) is 4.79 Å². The lowest BCUT2D eigenvalue weighted by Gasteiger charge is -2.03. The van der Waals surface area contributed by atoms with Crippen molar-refractivity contribution in [2.45, 2.75) is 33.1 Å². The van der Waals surface area contributed by atoms with Crippen LogP contribution in [0.1, 0.15) is 33.1 Å². The third-order valence-electron chi connectivity index (χ3n) is 1.82. The third-order valence-corrected chi connectivity index (χ3v) is 4.28. The Morgan fingerprint density at radius 3 is 2.44 bits per heavy atom. The molecule has 94 valence electrons. The molecule has 0 aliphatic carbocycles. The Bertz CT molecular complexity index is 183. The summed E-state index contributed by atoms with van der Waals surface area (Å²) in [6, 6.07) is 0. The molecular weight excluding hydrogens is 240 g/mol. The van der Waals surface area contributed by atoms with Gasteiger partial charge in [0.1, 0.15) is 5.78 Å². The second kappa shape index (κ2) is 11.6. The molecule has 0 radical (unpaired) electrons. The topological polar surface area (TPSA) is 26.3 Å². The molecule has 4 heteroatoms. The van der Waals surface area contributed by atoms with Gasteiger partial charge in [0, 0.05) is 17.9 Å². The number of hydrogen-bond donors (Lipinski definition) is 0. The number of carbonyl (C=O) groups excluding carboxylic acids is 1. The number of hydrogen-bond acceptors (Lipinski definition) is 4. The molecular formula is C12H22O2S2. The molecule has 0 spiro atoms. The van der Waals surface area contributed by atoms with Gasteiger partial charge in [0.05, 0.1) is 13.2 Å². The summed E-state index contributed by atoms with van der Waals surface area (Å²) in [4.78, 5) is 10.6. The number of allylic oxidation sites excluding steroid dienone is 1. The van der Waals surface area contributed by atoms with Crippen molar-refractivity contribution in [2.24, 2.45) is 0 Å². The van der Waals surface area contributed by atoms with Gasteiger partial charge < -0.3 is 4.74 Å². The fourth-order valence-corrected chi connectivity index (χ4v) is 2.91. The predicted molar refractivity (Wildman–Crippen MR) is 75.1 cm³/mol. The van der Waals surface area contributed by atoms with Gasteiger partial charge in [-0.05, 0) is 26.7 Å². The van der Waals surface area contributed by atoms with Crippen LogP contribution in [-0.2, 0) is 9.53 Å². The molecule has 0 N–H and O–H groups in total.